The number of hydrogen-bond acceptors (Lipinski definition) is 4. The van der Waals surface area contributed by atoms with Gasteiger partial charge in [-0.1, -0.05) is 12.1 Å². The Hall–Kier alpha value is -0.810. The van der Waals surface area contributed by atoms with Crippen LogP contribution in [0.5, 0.6) is 0 Å². The lowest BCUT2D eigenvalue weighted by atomic mass is 10.4. The van der Waals surface area contributed by atoms with Crippen LogP contribution >= 0.6 is 0 Å². The SMILES string of the molecule is CCCN(CCOC(C)C)CC(N)=NO. The lowest BCUT2D eigenvalue weighted by Gasteiger charge is -2.21. The van der Waals surface area contributed by atoms with Gasteiger partial charge in [-0.3, -0.25) is 4.90 Å². The molecule has 0 aliphatic heterocycles. The number of oxime groups is 1. The van der Waals surface area contributed by atoms with Gasteiger partial charge in [-0.2, -0.15) is 0 Å². The molecule has 0 radical (unpaired) electrons. The molecule has 0 rings (SSSR count). The average Bonchev–Trinajstić information content (AvgIpc) is 2.17. The summed E-state index contributed by atoms with van der Waals surface area (Å²) >= 11 is 0. The molecule has 0 saturated heterocycles. The second kappa shape index (κ2) is 8.49. The van der Waals surface area contributed by atoms with Crippen molar-refractivity contribution in [2.75, 3.05) is 26.2 Å². The van der Waals surface area contributed by atoms with Crippen molar-refractivity contribution in [1.82, 2.24) is 4.90 Å². The normalized spacial score (nSPS) is 12.7. The maximum Gasteiger partial charge on any atom is 0.153 e. The van der Waals surface area contributed by atoms with E-state index < -0.39 is 0 Å². The molecule has 3 N–H and O–H groups in total. The molecule has 5 heteroatoms. The first-order valence-corrected chi connectivity index (χ1v) is 5.40. The van der Waals surface area contributed by atoms with Crippen molar-refractivity contribution < 1.29 is 9.94 Å². The van der Waals surface area contributed by atoms with Gasteiger partial charge in [0.15, 0.2) is 5.84 Å². The third-order valence-electron chi connectivity index (χ3n) is 1.91. The zero-order valence-corrected chi connectivity index (χ0v) is 9.94. The fourth-order valence-electron chi connectivity index (χ4n) is 1.26. The van der Waals surface area contributed by atoms with Crippen LogP contribution in [0.2, 0.25) is 0 Å². The first-order valence-electron chi connectivity index (χ1n) is 5.40. The van der Waals surface area contributed by atoms with Crippen LogP contribution in [-0.2, 0) is 4.74 Å². The third-order valence-corrected chi connectivity index (χ3v) is 1.91. The highest BCUT2D eigenvalue weighted by molar-refractivity contribution is 5.81. The van der Waals surface area contributed by atoms with Gasteiger partial charge in [0, 0.05) is 6.54 Å². The summed E-state index contributed by atoms with van der Waals surface area (Å²) in [5, 5.41) is 11.4. The first-order chi connectivity index (χ1) is 7.10. The van der Waals surface area contributed by atoms with Crippen molar-refractivity contribution in [1.29, 1.82) is 0 Å². The molecule has 0 saturated carbocycles. The minimum atomic E-state index is 0.244. The molecule has 0 bridgehead atoms. The summed E-state index contributed by atoms with van der Waals surface area (Å²) in [6, 6.07) is 0. The van der Waals surface area contributed by atoms with Gasteiger partial charge >= 0.3 is 0 Å². The van der Waals surface area contributed by atoms with Gasteiger partial charge in [0.25, 0.3) is 0 Å². The van der Waals surface area contributed by atoms with E-state index in [0.29, 0.717) is 13.2 Å². The Labute approximate surface area is 91.9 Å². The van der Waals surface area contributed by atoms with Crippen LogP contribution in [0.3, 0.4) is 0 Å². The molecule has 90 valence electrons. The van der Waals surface area contributed by atoms with Gasteiger partial charge in [0.1, 0.15) is 0 Å². The van der Waals surface area contributed by atoms with Crippen molar-refractivity contribution >= 4 is 5.84 Å². The molecule has 0 fully saturated rings. The molecule has 0 aromatic rings. The summed E-state index contributed by atoms with van der Waals surface area (Å²) in [5.41, 5.74) is 5.45. The Bertz CT molecular complexity index is 184. The van der Waals surface area contributed by atoms with Gasteiger partial charge in [0.2, 0.25) is 0 Å². The molecule has 0 aromatic carbocycles. The number of nitrogens with zero attached hydrogens (tertiary/aromatic N) is 2. The number of ether oxygens (including phenoxy) is 1. The average molecular weight is 217 g/mol. The predicted octanol–water partition coefficient (Wildman–Crippen LogP) is 0.870. The van der Waals surface area contributed by atoms with Gasteiger partial charge in [-0.05, 0) is 26.8 Å². The van der Waals surface area contributed by atoms with Crippen LogP contribution < -0.4 is 5.73 Å². The minimum Gasteiger partial charge on any atom is -0.409 e. The maximum absolute atomic E-state index is 8.47. The van der Waals surface area contributed by atoms with Crippen LogP contribution in [-0.4, -0.2) is 48.3 Å². The van der Waals surface area contributed by atoms with Gasteiger partial charge in [0.05, 0.1) is 19.3 Å². The largest absolute Gasteiger partial charge is 0.409 e. The Morgan fingerprint density at radius 3 is 2.60 bits per heavy atom. The fourth-order valence-corrected chi connectivity index (χ4v) is 1.26. The van der Waals surface area contributed by atoms with Crippen molar-refractivity contribution in [3.8, 4) is 0 Å². The minimum absolute atomic E-state index is 0.244. The zero-order chi connectivity index (χ0) is 11.7. The Morgan fingerprint density at radius 2 is 2.13 bits per heavy atom. The summed E-state index contributed by atoms with van der Waals surface area (Å²) in [6.07, 6.45) is 1.29. The Morgan fingerprint density at radius 1 is 1.47 bits per heavy atom. The summed E-state index contributed by atoms with van der Waals surface area (Å²) < 4.78 is 5.45. The van der Waals surface area contributed by atoms with Crippen molar-refractivity contribution in [3.05, 3.63) is 0 Å². The van der Waals surface area contributed by atoms with Crippen LogP contribution in [0.4, 0.5) is 0 Å². The fraction of sp³-hybridized carbons (Fsp3) is 0.900. The van der Waals surface area contributed by atoms with Gasteiger partial charge in [-0.15, -0.1) is 0 Å². The van der Waals surface area contributed by atoms with E-state index in [4.69, 9.17) is 15.7 Å². The highest BCUT2D eigenvalue weighted by atomic mass is 16.5. The van der Waals surface area contributed by atoms with Gasteiger partial charge in [-0.25, -0.2) is 0 Å². The van der Waals surface area contributed by atoms with E-state index in [1.807, 2.05) is 13.8 Å². The molecule has 0 aliphatic rings. The highest BCUT2D eigenvalue weighted by Crippen LogP contribution is 1.94. The highest BCUT2D eigenvalue weighted by Gasteiger charge is 2.06. The molecule has 0 spiro atoms. The molecule has 0 aromatic heterocycles. The predicted molar refractivity (Wildman–Crippen MR) is 61.2 cm³/mol. The molecule has 0 heterocycles. The summed E-state index contributed by atoms with van der Waals surface area (Å²) in [6.45, 7) is 9.02. The third kappa shape index (κ3) is 8.20. The molecule has 15 heavy (non-hydrogen) atoms. The van der Waals surface area contributed by atoms with Gasteiger partial charge < -0.3 is 15.7 Å². The zero-order valence-electron chi connectivity index (χ0n) is 9.94. The molecule has 0 unspecified atom stereocenters. The smallest absolute Gasteiger partial charge is 0.153 e. The standard InChI is InChI=1S/C10H23N3O2/c1-4-5-13(8-10(11)12-14)6-7-15-9(2)3/h9,14H,4-8H2,1-3H3,(H2,11,12). The van der Waals surface area contributed by atoms with Crippen molar-refractivity contribution in [2.24, 2.45) is 10.9 Å². The molecular formula is C10H23N3O2. The number of hydrogen-bond donors (Lipinski definition) is 2. The maximum atomic E-state index is 8.47. The van der Waals surface area contributed by atoms with E-state index >= 15 is 0 Å². The van der Waals surface area contributed by atoms with Crippen LogP contribution in [0.1, 0.15) is 27.2 Å². The van der Waals surface area contributed by atoms with E-state index in [9.17, 15) is 0 Å². The Kier molecular flexibility index (Phi) is 8.04. The van der Waals surface area contributed by atoms with E-state index in [-0.39, 0.29) is 11.9 Å². The van der Waals surface area contributed by atoms with Crippen molar-refractivity contribution in [3.63, 3.8) is 0 Å². The van der Waals surface area contributed by atoms with E-state index in [1.165, 1.54) is 0 Å². The monoisotopic (exact) mass is 217 g/mol. The lowest BCUT2D eigenvalue weighted by Crippen LogP contribution is -2.37. The molecule has 0 atom stereocenters. The molecule has 5 nitrogen and oxygen atoms in total. The van der Waals surface area contributed by atoms with E-state index in [1.54, 1.807) is 0 Å². The summed E-state index contributed by atoms with van der Waals surface area (Å²) in [4.78, 5) is 2.11. The van der Waals surface area contributed by atoms with E-state index in [2.05, 4.69) is 17.0 Å². The van der Waals surface area contributed by atoms with Crippen LogP contribution in [0.25, 0.3) is 0 Å². The Balaban J connectivity index is 3.82. The number of rotatable bonds is 8. The summed E-state index contributed by atoms with van der Waals surface area (Å²) in [5.74, 6) is 0.244. The topological polar surface area (TPSA) is 71.1 Å². The first kappa shape index (κ1) is 14.2. The summed E-state index contributed by atoms with van der Waals surface area (Å²) in [7, 11) is 0. The second-order valence-electron chi connectivity index (χ2n) is 3.79. The lowest BCUT2D eigenvalue weighted by molar-refractivity contribution is 0.0618. The molecule has 0 aliphatic carbocycles. The van der Waals surface area contributed by atoms with E-state index in [0.717, 1.165) is 19.5 Å². The van der Waals surface area contributed by atoms with Crippen LogP contribution in [0.15, 0.2) is 5.16 Å². The second-order valence-corrected chi connectivity index (χ2v) is 3.79. The van der Waals surface area contributed by atoms with Crippen LogP contribution in [0, 0.1) is 0 Å². The quantitative estimate of drug-likeness (QED) is 0.274. The number of nitrogens with two attached hydrogens (primary N) is 1. The van der Waals surface area contributed by atoms with Crippen molar-refractivity contribution in [2.45, 2.75) is 33.3 Å². The number of amidine groups is 1. The molecule has 0 amide bonds. The molecular weight excluding hydrogens is 194 g/mol.